The molecule has 31 heavy (non-hydrogen) atoms. The Bertz CT molecular complexity index is 851. The molecule has 0 aliphatic carbocycles. The molecule has 0 saturated heterocycles. The van der Waals surface area contributed by atoms with Crippen LogP contribution in [0.15, 0.2) is 48.5 Å². The van der Waals surface area contributed by atoms with Crippen LogP contribution >= 0.6 is 0 Å². The molecule has 0 spiro atoms. The second-order valence-corrected chi connectivity index (χ2v) is 7.72. The van der Waals surface area contributed by atoms with E-state index >= 15 is 0 Å². The molecule has 0 aromatic heterocycles. The van der Waals surface area contributed by atoms with Gasteiger partial charge in [-0.15, -0.1) is 0 Å². The highest BCUT2D eigenvalue weighted by Gasteiger charge is 2.29. The summed E-state index contributed by atoms with van der Waals surface area (Å²) in [5, 5.41) is 3.01. The van der Waals surface area contributed by atoms with Crippen LogP contribution in [0.2, 0.25) is 0 Å². The molecular formula is C25H34N2O4. The van der Waals surface area contributed by atoms with Gasteiger partial charge in [0.25, 0.3) is 5.91 Å². The molecule has 0 aliphatic rings. The van der Waals surface area contributed by atoms with Crippen molar-refractivity contribution in [3.05, 3.63) is 59.7 Å². The van der Waals surface area contributed by atoms with E-state index < -0.39 is 6.04 Å². The van der Waals surface area contributed by atoms with E-state index in [0.29, 0.717) is 24.5 Å². The highest BCUT2D eigenvalue weighted by molar-refractivity contribution is 5.88. The van der Waals surface area contributed by atoms with Gasteiger partial charge in [-0.05, 0) is 56.5 Å². The van der Waals surface area contributed by atoms with E-state index in [1.165, 1.54) is 0 Å². The van der Waals surface area contributed by atoms with Crippen molar-refractivity contribution in [2.45, 2.75) is 59.2 Å². The van der Waals surface area contributed by atoms with Gasteiger partial charge in [-0.3, -0.25) is 9.59 Å². The normalized spacial score (nSPS) is 12.5. The Morgan fingerprint density at radius 2 is 1.74 bits per heavy atom. The highest BCUT2D eigenvalue weighted by atomic mass is 16.5. The van der Waals surface area contributed by atoms with E-state index in [9.17, 15) is 9.59 Å². The summed E-state index contributed by atoms with van der Waals surface area (Å²) < 4.78 is 11.0. The second kappa shape index (κ2) is 12.0. The van der Waals surface area contributed by atoms with Crippen LogP contribution in [0.3, 0.4) is 0 Å². The molecule has 2 aromatic rings. The first kappa shape index (κ1) is 24.3. The molecule has 0 unspecified atom stereocenters. The summed E-state index contributed by atoms with van der Waals surface area (Å²) in [4.78, 5) is 27.7. The number of hydrogen-bond acceptors (Lipinski definition) is 4. The summed E-state index contributed by atoms with van der Waals surface area (Å²) in [6, 6.07) is 14.5. The maximum absolute atomic E-state index is 13.2. The Hall–Kier alpha value is -3.02. The zero-order valence-corrected chi connectivity index (χ0v) is 19.2. The van der Waals surface area contributed by atoms with Gasteiger partial charge >= 0.3 is 0 Å². The van der Waals surface area contributed by atoms with Crippen LogP contribution in [0.4, 0.5) is 0 Å². The van der Waals surface area contributed by atoms with E-state index in [0.717, 1.165) is 17.5 Å². The van der Waals surface area contributed by atoms with Crippen molar-refractivity contribution in [3.8, 4) is 11.5 Å². The zero-order valence-electron chi connectivity index (χ0n) is 19.2. The van der Waals surface area contributed by atoms with Crippen LogP contribution in [-0.2, 0) is 16.1 Å². The fraction of sp³-hybridized carbons (Fsp3) is 0.440. The largest absolute Gasteiger partial charge is 0.497 e. The summed E-state index contributed by atoms with van der Waals surface area (Å²) in [7, 11) is 1.60. The molecule has 2 aromatic carbocycles. The number of aryl methyl sites for hydroxylation is 1. The van der Waals surface area contributed by atoms with E-state index in [1.54, 1.807) is 12.0 Å². The molecule has 6 heteroatoms. The molecule has 2 rings (SSSR count). The highest BCUT2D eigenvalue weighted by Crippen LogP contribution is 2.18. The number of hydrogen-bond donors (Lipinski definition) is 1. The number of ether oxygens (including phenoxy) is 2. The summed E-state index contributed by atoms with van der Waals surface area (Å²) >= 11 is 0. The molecule has 168 valence electrons. The van der Waals surface area contributed by atoms with Crippen LogP contribution in [-0.4, -0.2) is 42.5 Å². The van der Waals surface area contributed by atoms with Crippen LogP contribution in [0.1, 0.15) is 44.7 Å². The van der Waals surface area contributed by atoms with Gasteiger partial charge in [-0.25, -0.2) is 0 Å². The van der Waals surface area contributed by atoms with Crippen molar-refractivity contribution in [1.82, 2.24) is 10.2 Å². The van der Waals surface area contributed by atoms with Gasteiger partial charge in [-0.2, -0.15) is 0 Å². The minimum atomic E-state index is -0.589. The molecule has 2 amide bonds. The van der Waals surface area contributed by atoms with Crippen molar-refractivity contribution in [2.24, 2.45) is 0 Å². The number of amides is 2. The second-order valence-electron chi connectivity index (χ2n) is 7.72. The van der Waals surface area contributed by atoms with Gasteiger partial charge in [0.1, 0.15) is 17.5 Å². The number of nitrogens with zero attached hydrogens (tertiary/aromatic N) is 1. The fourth-order valence-corrected chi connectivity index (χ4v) is 3.19. The van der Waals surface area contributed by atoms with Gasteiger partial charge in [-0.1, -0.05) is 43.7 Å². The topological polar surface area (TPSA) is 67.9 Å². The fourth-order valence-electron chi connectivity index (χ4n) is 3.19. The van der Waals surface area contributed by atoms with Crippen LogP contribution in [0, 0.1) is 6.92 Å². The van der Waals surface area contributed by atoms with Gasteiger partial charge in [0, 0.05) is 12.6 Å². The Balaban J connectivity index is 2.22. The number of methoxy groups -OCH3 is 1. The first-order valence-corrected chi connectivity index (χ1v) is 10.8. The minimum absolute atomic E-state index is 0.0409. The van der Waals surface area contributed by atoms with E-state index in [4.69, 9.17) is 9.47 Å². The Morgan fingerprint density at radius 1 is 1.03 bits per heavy atom. The predicted molar refractivity (Wildman–Crippen MR) is 122 cm³/mol. The Kier molecular flexibility index (Phi) is 9.38. The van der Waals surface area contributed by atoms with Crippen molar-refractivity contribution < 1.29 is 19.1 Å². The number of carbonyl (C=O) groups is 2. The lowest BCUT2D eigenvalue weighted by Crippen LogP contribution is -2.51. The smallest absolute Gasteiger partial charge is 0.261 e. The molecule has 1 N–H and O–H groups in total. The van der Waals surface area contributed by atoms with Crippen molar-refractivity contribution in [2.75, 3.05) is 13.7 Å². The summed E-state index contributed by atoms with van der Waals surface area (Å²) in [6.07, 6.45) is 1.32. The zero-order chi connectivity index (χ0) is 22.8. The molecule has 0 radical (unpaired) electrons. The van der Waals surface area contributed by atoms with Gasteiger partial charge in [0.05, 0.1) is 7.11 Å². The predicted octanol–water partition coefficient (Wildman–Crippen LogP) is 4.10. The van der Waals surface area contributed by atoms with E-state index in [2.05, 4.69) is 5.32 Å². The van der Waals surface area contributed by atoms with E-state index in [1.807, 2.05) is 76.2 Å². The molecule has 6 nitrogen and oxygen atoms in total. The van der Waals surface area contributed by atoms with Crippen molar-refractivity contribution in [1.29, 1.82) is 0 Å². The standard InChI is InChI=1S/C25H34N2O4/c1-6-19(4)26-25(29)23(7-2)27(16-20-9-8-10-22(15-20)30-5)24(28)17-31-21-13-11-18(3)12-14-21/h8-15,19,23H,6-7,16-17H2,1-5H3,(H,26,29)/t19-,23-/m0/s1. The molecule has 0 heterocycles. The van der Waals surface area contributed by atoms with Crippen LogP contribution in [0.25, 0.3) is 0 Å². The van der Waals surface area contributed by atoms with E-state index in [-0.39, 0.29) is 24.5 Å². The molecule has 2 atom stereocenters. The van der Waals surface area contributed by atoms with Crippen LogP contribution < -0.4 is 14.8 Å². The minimum Gasteiger partial charge on any atom is -0.497 e. The summed E-state index contributed by atoms with van der Waals surface area (Å²) in [6.45, 7) is 8.03. The number of benzene rings is 2. The molecule has 0 fully saturated rings. The van der Waals surface area contributed by atoms with Gasteiger partial charge < -0.3 is 19.7 Å². The Labute approximate surface area is 185 Å². The van der Waals surface area contributed by atoms with Crippen LogP contribution in [0.5, 0.6) is 11.5 Å². The van der Waals surface area contributed by atoms with Gasteiger partial charge in [0.15, 0.2) is 6.61 Å². The lowest BCUT2D eigenvalue weighted by atomic mass is 10.1. The third-order valence-electron chi connectivity index (χ3n) is 5.26. The molecule has 0 bridgehead atoms. The average molecular weight is 427 g/mol. The average Bonchev–Trinajstić information content (AvgIpc) is 2.78. The SMILES string of the molecule is CC[C@H](C)NC(=O)[C@H](CC)N(Cc1cccc(OC)c1)C(=O)COc1ccc(C)cc1. The lowest BCUT2D eigenvalue weighted by molar-refractivity contribution is -0.143. The molecule has 0 aliphatic heterocycles. The summed E-state index contributed by atoms with van der Waals surface area (Å²) in [5.41, 5.74) is 2.00. The van der Waals surface area contributed by atoms with Gasteiger partial charge in [0.2, 0.25) is 5.91 Å². The number of nitrogens with one attached hydrogen (secondary N) is 1. The number of rotatable bonds is 11. The van der Waals surface area contributed by atoms with Crippen molar-refractivity contribution >= 4 is 11.8 Å². The molecule has 0 saturated carbocycles. The maximum atomic E-state index is 13.2. The third kappa shape index (κ3) is 7.31. The van der Waals surface area contributed by atoms with Crippen molar-refractivity contribution in [3.63, 3.8) is 0 Å². The quantitative estimate of drug-likeness (QED) is 0.587. The first-order chi connectivity index (χ1) is 14.9. The first-order valence-electron chi connectivity index (χ1n) is 10.8. The summed E-state index contributed by atoms with van der Waals surface area (Å²) in [5.74, 6) is 0.938. The molecular weight excluding hydrogens is 392 g/mol. The lowest BCUT2D eigenvalue weighted by Gasteiger charge is -2.31. The monoisotopic (exact) mass is 426 g/mol. The third-order valence-corrected chi connectivity index (χ3v) is 5.26. The number of carbonyl (C=O) groups excluding carboxylic acids is 2. The Morgan fingerprint density at radius 3 is 2.35 bits per heavy atom. The maximum Gasteiger partial charge on any atom is 0.261 e.